The SMILES string of the molecule is CCOc1c(C(C)Nc2ncnc(N)c2C#N)nc2ccc(F)cc2c1C(=O)NC. The number of nitrogens with zero attached hydrogens (tertiary/aromatic N) is 4. The number of ether oxygens (including phenoxy) is 1. The third kappa shape index (κ3) is 3.77. The van der Waals surface area contributed by atoms with Gasteiger partial charge in [-0.1, -0.05) is 0 Å². The molecule has 0 bridgehead atoms. The van der Waals surface area contributed by atoms with Crippen LogP contribution in [0.2, 0.25) is 0 Å². The second-order valence-electron chi connectivity index (χ2n) is 6.34. The molecule has 1 unspecified atom stereocenters. The number of carbonyl (C=O) groups is 1. The number of fused-ring (bicyclic) bond motifs is 1. The first-order valence-electron chi connectivity index (χ1n) is 9.16. The van der Waals surface area contributed by atoms with E-state index in [2.05, 4.69) is 25.6 Å². The van der Waals surface area contributed by atoms with Crippen LogP contribution in [-0.2, 0) is 0 Å². The topological polar surface area (TPSA) is 139 Å². The highest BCUT2D eigenvalue weighted by Crippen LogP contribution is 2.35. The molecule has 0 spiro atoms. The number of carbonyl (C=O) groups excluding carboxylic acids is 1. The summed E-state index contributed by atoms with van der Waals surface area (Å²) in [5.74, 6) is -0.446. The maximum absolute atomic E-state index is 13.9. The van der Waals surface area contributed by atoms with Crippen LogP contribution in [0.4, 0.5) is 16.0 Å². The van der Waals surface area contributed by atoms with Crippen LogP contribution in [-0.4, -0.2) is 34.5 Å². The number of nitrogens with two attached hydrogens (primary N) is 1. The molecule has 9 nitrogen and oxygen atoms in total. The Hall–Kier alpha value is -4.00. The molecule has 154 valence electrons. The minimum Gasteiger partial charge on any atom is -0.491 e. The van der Waals surface area contributed by atoms with Gasteiger partial charge in [-0.2, -0.15) is 5.26 Å². The summed E-state index contributed by atoms with van der Waals surface area (Å²) >= 11 is 0. The van der Waals surface area contributed by atoms with Crippen molar-refractivity contribution >= 4 is 28.4 Å². The molecule has 0 fully saturated rings. The number of nitrogen functional groups attached to an aromatic ring is 1. The second-order valence-corrected chi connectivity index (χ2v) is 6.34. The van der Waals surface area contributed by atoms with Crippen molar-refractivity contribution in [2.45, 2.75) is 19.9 Å². The van der Waals surface area contributed by atoms with E-state index in [1.165, 1.54) is 31.6 Å². The Bertz CT molecular complexity index is 1160. The Morgan fingerprint density at radius 1 is 1.40 bits per heavy atom. The van der Waals surface area contributed by atoms with E-state index in [9.17, 15) is 14.4 Å². The molecule has 0 saturated carbocycles. The lowest BCUT2D eigenvalue weighted by molar-refractivity contribution is 0.0960. The summed E-state index contributed by atoms with van der Waals surface area (Å²) in [7, 11) is 1.48. The Morgan fingerprint density at radius 2 is 2.17 bits per heavy atom. The first-order valence-corrected chi connectivity index (χ1v) is 9.16. The number of pyridine rings is 1. The van der Waals surface area contributed by atoms with E-state index in [4.69, 9.17) is 10.5 Å². The molecule has 0 radical (unpaired) electrons. The van der Waals surface area contributed by atoms with Gasteiger partial charge in [0.05, 0.1) is 23.7 Å². The number of benzene rings is 1. The van der Waals surface area contributed by atoms with Crippen LogP contribution >= 0.6 is 0 Å². The van der Waals surface area contributed by atoms with Gasteiger partial charge in [0.25, 0.3) is 5.91 Å². The molecule has 0 aliphatic carbocycles. The third-order valence-corrected chi connectivity index (χ3v) is 4.42. The van der Waals surface area contributed by atoms with Crippen molar-refractivity contribution in [3.63, 3.8) is 0 Å². The minimum absolute atomic E-state index is 0.0419. The number of rotatable bonds is 6. The minimum atomic E-state index is -0.536. The van der Waals surface area contributed by atoms with Crippen LogP contribution in [0.5, 0.6) is 5.75 Å². The predicted octanol–water partition coefficient (Wildman–Crippen LogP) is 2.55. The number of nitriles is 1. The monoisotopic (exact) mass is 409 g/mol. The number of hydrogen-bond acceptors (Lipinski definition) is 8. The summed E-state index contributed by atoms with van der Waals surface area (Å²) in [5, 5.41) is 15.3. The first kappa shape index (κ1) is 20.7. The van der Waals surface area contributed by atoms with Crippen LogP contribution in [0.1, 0.15) is 41.5 Å². The van der Waals surface area contributed by atoms with E-state index in [-0.39, 0.29) is 35.1 Å². The third-order valence-electron chi connectivity index (χ3n) is 4.42. The summed E-state index contributed by atoms with van der Waals surface area (Å²) in [6.45, 7) is 3.80. The van der Waals surface area contributed by atoms with Gasteiger partial charge < -0.3 is 21.1 Å². The number of anilines is 2. The van der Waals surface area contributed by atoms with Crippen molar-refractivity contribution in [1.82, 2.24) is 20.3 Å². The number of nitrogens with one attached hydrogen (secondary N) is 2. The van der Waals surface area contributed by atoms with E-state index >= 15 is 0 Å². The van der Waals surface area contributed by atoms with Gasteiger partial charge in [-0.15, -0.1) is 0 Å². The molecule has 1 atom stereocenters. The maximum Gasteiger partial charge on any atom is 0.255 e. The Balaban J connectivity index is 2.21. The fraction of sp³-hybridized carbons (Fsp3) is 0.250. The maximum atomic E-state index is 13.9. The zero-order valence-corrected chi connectivity index (χ0v) is 16.7. The van der Waals surface area contributed by atoms with Gasteiger partial charge in [0.1, 0.15) is 41.1 Å². The molecule has 3 aromatic rings. The van der Waals surface area contributed by atoms with E-state index in [0.717, 1.165) is 0 Å². The average Bonchev–Trinajstić information content (AvgIpc) is 2.73. The van der Waals surface area contributed by atoms with Gasteiger partial charge >= 0.3 is 0 Å². The summed E-state index contributed by atoms with van der Waals surface area (Å²) in [6.07, 6.45) is 1.24. The van der Waals surface area contributed by atoms with Gasteiger partial charge in [0, 0.05) is 12.4 Å². The zero-order valence-electron chi connectivity index (χ0n) is 16.7. The predicted molar refractivity (Wildman–Crippen MR) is 109 cm³/mol. The first-order chi connectivity index (χ1) is 14.4. The van der Waals surface area contributed by atoms with E-state index in [1.807, 2.05) is 6.07 Å². The summed E-state index contributed by atoms with van der Waals surface area (Å²) in [6, 6.07) is 5.44. The Labute approximate surface area is 172 Å². The average molecular weight is 409 g/mol. The molecule has 0 aliphatic rings. The zero-order chi connectivity index (χ0) is 21.8. The van der Waals surface area contributed by atoms with Gasteiger partial charge in [-0.25, -0.2) is 19.3 Å². The molecule has 1 aromatic carbocycles. The van der Waals surface area contributed by atoms with Crippen molar-refractivity contribution in [3.05, 3.63) is 47.2 Å². The summed E-state index contributed by atoms with van der Waals surface area (Å²) in [4.78, 5) is 25.2. The van der Waals surface area contributed by atoms with Crippen molar-refractivity contribution in [1.29, 1.82) is 5.26 Å². The van der Waals surface area contributed by atoms with Crippen molar-refractivity contribution in [2.75, 3.05) is 24.7 Å². The number of aromatic nitrogens is 3. The van der Waals surface area contributed by atoms with Gasteiger partial charge in [-0.05, 0) is 32.0 Å². The van der Waals surface area contributed by atoms with E-state index in [1.54, 1.807) is 13.8 Å². The second kappa shape index (κ2) is 8.57. The molecule has 30 heavy (non-hydrogen) atoms. The molecular weight excluding hydrogens is 389 g/mol. The van der Waals surface area contributed by atoms with Crippen LogP contribution in [0.3, 0.4) is 0 Å². The molecule has 2 heterocycles. The fourth-order valence-electron chi connectivity index (χ4n) is 3.06. The molecule has 0 aliphatic heterocycles. The molecule has 1 amide bonds. The van der Waals surface area contributed by atoms with Gasteiger partial charge in [-0.3, -0.25) is 4.79 Å². The van der Waals surface area contributed by atoms with Crippen LogP contribution in [0.25, 0.3) is 10.9 Å². The smallest absolute Gasteiger partial charge is 0.255 e. The standard InChI is InChI=1S/C20H20FN7O2/c1-4-30-17-15(20(29)24-3)12-7-11(21)5-6-14(12)28-16(17)10(2)27-19-13(8-22)18(23)25-9-26-19/h5-7,9-10H,4H2,1-3H3,(H,24,29)(H3,23,25,26,27). The highest BCUT2D eigenvalue weighted by atomic mass is 19.1. The quantitative estimate of drug-likeness (QED) is 0.564. The van der Waals surface area contributed by atoms with Gasteiger partial charge in [0.2, 0.25) is 0 Å². The molecule has 0 saturated heterocycles. The highest BCUT2D eigenvalue weighted by molar-refractivity contribution is 6.08. The Kier molecular flexibility index (Phi) is 5.92. The van der Waals surface area contributed by atoms with Crippen LogP contribution in [0.15, 0.2) is 24.5 Å². The fourth-order valence-corrected chi connectivity index (χ4v) is 3.06. The molecule has 2 aromatic heterocycles. The van der Waals surface area contributed by atoms with Crippen LogP contribution < -0.4 is 21.1 Å². The normalized spacial score (nSPS) is 11.6. The van der Waals surface area contributed by atoms with Crippen molar-refractivity contribution < 1.29 is 13.9 Å². The Morgan fingerprint density at radius 3 is 2.83 bits per heavy atom. The lowest BCUT2D eigenvalue weighted by Gasteiger charge is -2.21. The van der Waals surface area contributed by atoms with Crippen molar-refractivity contribution in [2.24, 2.45) is 0 Å². The molecule has 4 N–H and O–H groups in total. The lowest BCUT2D eigenvalue weighted by atomic mass is 10.0. The summed E-state index contributed by atoms with van der Waals surface area (Å²) in [5.41, 5.74) is 6.84. The largest absolute Gasteiger partial charge is 0.491 e. The van der Waals surface area contributed by atoms with E-state index in [0.29, 0.717) is 16.6 Å². The van der Waals surface area contributed by atoms with E-state index < -0.39 is 17.8 Å². The molecular formula is C20H20FN7O2. The molecule has 10 heteroatoms. The number of amides is 1. The molecule has 3 rings (SSSR count). The van der Waals surface area contributed by atoms with Crippen LogP contribution in [0, 0.1) is 17.1 Å². The number of hydrogen-bond donors (Lipinski definition) is 3. The summed E-state index contributed by atoms with van der Waals surface area (Å²) < 4.78 is 19.7. The highest BCUT2D eigenvalue weighted by Gasteiger charge is 2.25. The van der Waals surface area contributed by atoms with Crippen molar-refractivity contribution in [3.8, 4) is 11.8 Å². The van der Waals surface area contributed by atoms with Gasteiger partial charge in [0.15, 0.2) is 5.75 Å². The number of halogens is 1. The lowest BCUT2D eigenvalue weighted by Crippen LogP contribution is -2.22.